The van der Waals surface area contributed by atoms with Gasteiger partial charge >= 0.3 is 6.03 Å². The van der Waals surface area contributed by atoms with Gasteiger partial charge < -0.3 is 5.32 Å². The molecule has 2 rings (SSSR count). The number of nitrogens with one attached hydrogen (secondary N) is 3. The zero-order valence-corrected chi connectivity index (χ0v) is 12.5. The second-order valence-electron chi connectivity index (χ2n) is 4.71. The van der Waals surface area contributed by atoms with Crippen molar-refractivity contribution in [2.75, 3.05) is 5.32 Å². The van der Waals surface area contributed by atoms with Crippen LogP contribution in [-0.4, -0.2) is 23.1 Å². The minimum Gasteiger partial charge on any atom is -0.308 e. The molecule has 0 fully saturated rings. The Balaban J connectivity index is 1.91. The first kappa shape index (κ1) is 16.9. The topological polar surface area (TPSA) is 108 Å². The average Bonchev–Trinajstić information content (AvgIpc) is 2.61. The van der Waals surface area contributed by atoms with Crippen molar-refractivity contribution >= 4 is 29.6 Å². The number of benzene rings is 2. The van der Waals surface area contributed by atoms with Gasteiger partial charge in [-0.3, -0.25) is 20.1 Å². The summed E-state index contributed by atoms with van der Waals surface area (Å²) in [6.45, 7) is 0. The fourth-order valence-electron chi connectivity index (χ4n) is 1.81. The largest absolute Gasteiger partial charge is 0.326 e. The number of anilines is 1. The van der Waals surface area contributed by atoms with E-state index in [1.165, 1.54) is 11.6 Å². The molecular weight excluding hydrogens is 310 g/mol. The lowest BCUT2D eigenvalue weighted by Gasteiger charge is -2.07. The number of hydrogen-bond donors (Lipinski definition) is 4. The molecule has 0 bridgehead atoms. The van der Waals surface area contributed by atoms with E-state index in [1.54, 1.807) is 54.6 Å². The predicted octanol–water partition coefficient (Wildman–Crippen LogP) is 2.17. The van der Waals surface area contributed by atoms with Gasteiger partial charge in [0.2, 0.25) is 0 Å². The van der Waals surface area contributed by atoms with Crippen LogP contribution in [0.15, 0.2) is 60.7 Å². The number of urea groups is 1. The number of hydroxylamine groups is 1. The minimum atomic E-state index is -0.646. The minimum absolute atomic E-state index is 0.385. The molecule has 7 heteroatoms. The quantitative estimate of drug-likeness (QED) is 0.392. The van der Waals surface area contributed by atoms with Crippen LogP contribution in [0.5, 0.6) is 0 Å². The van der Waals surface area contributed by atoms with Gasteiger partial charge in [0.05, 0.1) is 0 Å². The van der Waals surface area contributed by atoms with Crippen molar-refractivity contribution in [2.24, 2.45) is 0 Å². The Hall–Kier alpha value is -3.45. The van der Waals surface area contributed by atoms with Crippen LogP contribution in [0.1, 0.15) is 15.9 Å². The van der Waals surface area contributed by atoms with E-state index < -0.39 is 17.8 Å². The predicted molar refractivity (Wildman–Crippen MR) is 88.3 cm³/mol. The summed E-state index contributed by atoms with van der Waals surface area (Å²) in [4.78, 5) is 34.5. The first-order valence-corrected chi connectivity index (χ1v) is 6.98. The Morgan fingerprint density at radius 2 is 1.58 bits per heavy atom. The Morgan fingerprint density at radius 3 is 2.21 bits per heavy atom. The van der Waals surface area contributed by atoms with Crippen molar-refractivity contribution in [2.45, 2.75) is 0 Å². The molecule has 4 amide bonds. The number of hydrogen-bond acceptors (Lipinski definition) is 4. The van der Waals surface area contributed by atoms with Crippen LogP contribution < -0.4 is 16.1 Å². The smallest absolute Gasteiger partial charge is 0.308 e. The van der Waals surface area contributed by atoms with E-state index in [2.05, 4.69) is 10.6 Å². The molecule has 0 saturated heterocycles. The van der Waals surface area contributed by atoms with Crippen molar-refractivity contribution in [1.29, 1.82) is 0 Å². The Morgan fingerprint density at radius 1 is 0.917 bits per heavy atom. The fraction of sp³-hybridized carbons (Fsp3) is 0. The summed E-state index contributed by atoms with van der Waals surface area (Å²) in [6, 6.07) is 14.3. The van der Waals surface area contributed by atoms with Crippen LogP contribution in [0, 0.1) is 0 Å². The monoisotopic (exact) mass is 325 g/mol. The number of amides is 4. The van der Waals surface area contributed by atoms with Crippen molar-refractivity contribution < 1.29 is 19.6 Å². The van der Waals surface area contributed by atoms with Gasteiger partial charge in [0.1, 0.15) is 0 Å². The summed E-state index contributed by atoms with van der Waals surface area (Å²) >= 11 is 0. The molecular formula is C17H15N3O4. The lowest BCUT2D eigenvalue weighted by atomic mass is 10.2. The number of carbonyl (C=O) groups is 3. The van der Waals surface area contributed by atoms with Gasteiger partial charge in [-0.1, -0.05) is 30.3 Å². The maximum absolute atomic E-state index is 11.8. The standard InChI is InChI=1S/C17H15N3O4/c21-15(20-24)11-8-12-6-9-14(10-7-12)18-17(23)19-16(22)13-4-2-1-3-5-13/h1-11,24H,(H,20,21)(H2,18,19,22,23)/b11-8+. The molecule has 0 heterocycles. The lowest BCUT2D eigenvalue weighted by molar-refractivity contribution is -0.124. The third-order valence-corrected chi connectivity index (χ3v) is 2.97. The number of carbonyl (C=O) groups excluding carboxylic acids is 3. The molecule has 4 N–H and O–H groups in total. The highest BCUT2D eigenvalue weighted by molar-refractivity contribution is 6.07. The van der Waals surface area contributed by atoms with Crippen LogP contribution in [0.4, 0.5) is 10.5 Å². The highest BCUT2D eigenvalue weighted by Gasteiger charge is 2.09. The highest BCUT2D eigenvalue weighted by atomic mass is 16.5. The molecule has 2 aromatic carbocycles. The van der Waals surface area contributed by atoms with E-state index in [0.717, 1.165) is 6.08 Å². The first-order valence-electron chi connectivity index (χ1n) is 6.98. The van der Waals surface area contributed by atoms with Gasteiger partial charge in [-0.2, -0.15) is 0 Å². The van der Waals surface area contributed by atoms with Gasteiger partial charge in [-0.05, 0) is 35.9 Å². The van der Waals surface area contributed by atoms with E-state index >= 15 is 0 Å². The summed E-state index contributed by atoms with van der Waals surface area (Å²) in [7, 11) is 0. The highest BCUT2D eigenvalue weighted by Crippen LogP contribution is 2.10. The van der Waals surface area contributed by atoms with Gasteiger partial charge in [0.25, 0.3) is 11.8 Å². The third kappa shape index (κ3) is 5.08. The molecule has 0 atom stereocenters. The van der Waals surface area contributed by atoms with Gasteiger partial charge in [0.15, 0.2) is 0 Å². The van der Waals surface area contributed by atoms with Crippen molar-refractivity contribution in [1.82, 2.24) is 10.8 Å². The lowest BCUT2D eigenvalue weighted by Crippen LogP contribution is -2.34. The van der Waals surface area contributed by atoms with E-state index in [0.29, 0.717) is 16.8 Å². The van der Waals surface area contributed by atoms with Crippen molar-refractivity contribution in [3.63, 3.8) is 0 Å². The van der Waals surface area contributed by atoms with E-state index in [9.17, 15) is 14.4 Å². The van der Waals surface area contributed by atoms with Crippen LogP contribution in [-0.2, 0) is 4.79 Å². The summed E-state index contributed by atoms with van der Waals surface area (Å²) in [5.74, 6) is -1.14. The van der Waals surface area contributed by atoms with E-state index in [1.807, 2.05) is 0 Å². The van der Waals surface area contributed by atoms with Gasteiger partial charge in [-0.15, -0.1) is 0 Å². The molecule has 0 aliphatic heterocycles. The molecule has 24 heavy (non-hydrogen) atoms. The summed E-state index contributed by atoms with van der Waals surface area (Å²) in [5, 5.41) is 13.1. The Bertz CT molecular complexity index is 755. The van der Waals surface area contributed by atoms with Crippen LogP contribution in [0.3, 0.4) is 0 Å². The van der Waals surface area contributed by atoms with Crippen molar-refractivity contribution in [3.05, 3.63) is 71.8 Å². The summed E-state index contributed by atoms with van der Waals surface area (Å²) in [6.07, 6.45) is 2.65. The van der Waals surface area contributed by atoms with Crippen LogP contribution in [0.25, 0.3) is 6.08 Å². The SMILES string of the molecule is O=C(/C=C/c1ccc(NC(=O)NC(=O)c2ccccc2)cc1)NO. The molecule has 0 radical (unpaired) electrons. The summed E-state index contributed by atoms with van der Waals surface area (Å²) in [5.41, 5.74) is 3.05. The molecule has 2 aromatic rings. The van der Waals surface area contributed by atoms with E-state index in [4.69, 9.17) is 5.21 Å². The molecule has 0 aromatic heterocycles. The van der Waals surface area contributed by atoms with Crippen LogP contribution >= 0.6 is 0 Å². The summed E-state index contributed by atoms with van der Waals surface area (Å²) < 4.78 is 0. The third-order valence-electron chi connectivity index (χ3n) is 2.97. The average molecular weight is 325 g/mol. The normalized spacial score (nSPS) is 10.2. The number of imide groups is 1. The second-order valence-corrected chi connectivity index (χ2v) is 4.71. The zero-order chi connectivity index (χ0) is 17.4. The Labute approximate surface area is 138 Å². The first-order chi connectivity index (χ1) is 11.6. The molecule has 122 valence electrons. The molecule has 0 aliphatic rings. The number of rotatable bonds is 4. The maximum atomic E-state index is 11.8. The fourth-order valence-corrected chi connectivity index (χ4v) is 1.81. The molecule has 0 aliphatic carbocycles. The van der Waals surface area contributed by atoms with Crippen molar-refractivity contribution in [3.8, 4) is 0 Å². The Kier molecular flexibility index (Phi) is 5.82. The molecule has 0 spiro atoms. The second kappa shape index (κ2) is 8.25. The maximum Gasteiger partial charge on any atom is 0.326 e. The van der Waals surface area contributed by atoms with Crippen LogP contribution in [0.2, 0.25) is 0 Å². The zero-order valence-electron chi connectivity index (χ0n) is 12.5. The molecule has 7 nitrogen and oxygen atoms in total. The van der Waals surface area contributed by atoms with Gasteiger partial charge in [0, 0.05) is 17.3 Å². The molecule has 0 saturated carbocycles. The van der Waals surface area contributed by atoms with E-state index in [-0.39, 0.29) is 0 Å². The van der Waals surface area contributed by atoms with Gasteiger partial charge in [-0.25, -0.2) is 10.3 Å². The molecule has 0 unspecified atom stereocenters.